The van der Waals surface area contributed by atoms with Crippen LogP contribution in [0.3, 0.4) is 0 Å². The fraction of sp³-hybridized carbons (Fsp3) is 0.300. The number of hydrogen-bond acceptors (Lipinski definition) is 5. The van der Waals surface area contributed by atoms with E-state index in [1.54, 1.807) is 30.3 Å². The molecule has 3 amide bonds. The first-order valence-corrected chi connectivity index (χ1v) is 15.1. The molecule has 0 unspecified atom stereocenters. The predicted molar refractivity (Wildman–Crippen MR) is 153 cm³/mol. The Bertz CT molecular complexity index is 1480. The highest BCUT2D eigenvalue weighted by Gasteiger charge is 2.40. The maximum absolute atomic E-state index is 13.8. The van der Waals surface area contributed by atoms with Crippen molar-refractivity contribution in [2.75, 3.05) is 13.1 Å². The third-order valence-electron chi connectivity index (χ3n) is 6.78. The number of rotatable bonds is 12. The summed E-state index contributed by atoms with van der Waals surface area (Å²) < 4.78 is 26.7. The summed E-state index contributed by atoms with van der Waals surface area (Å²) in [6.45, 7) is 2.37. The van der Waals surface area contributed by atoms with Crippen LogP contribution in [-0.2, 0) is 32.6 Å². The van der Waals surface area contributed by atoms with Crippen molar-refractivity contribution in [3.05, 3.63) is 101 Å². The van der Waals surface area contributed by atoms with E-state index in [0.717, 1.165) is 16.3 Å². The van der Waals surface area contributed by atoms with Gasteiger partial charge in [0.2, 0.25) is 11.8 Å². The van der Waals surface area contributed by atoms with Crippen molar-refractivity contribution < 1.29 is 22.8 Å². The Morgan fingerprint density at radius 3 is 2.35 bits per heavy atom. The van der Waals surface area contributed by atoms with E-state index < -0.39 is 22.0 Å². The van der Waals surface area contributed by atoms with Crippen molar-refractivity contribution in [2.45, 2.75) is 50.1 Å². The molecule has 0 radical (unpaired) electrons. The zero-order valence-electron chi connectivity index (χ0n) is 22.3. The van der Waals surface area contributed by atoms with Gasteiger partial charge in [-0.3, -0.25) is 14.4 Å². The van der Waals surface area contributed by atoms with E-state index in [4.69, 9.17) is 11.6 Å². The number of carbonyl (C=O) groups excluding carboxylic acids is 3. The molecule has 3 aromatic carbocycles. The minimum atomic E-state index is -3.97. The molecule has 40 heavy (non-hydrogen) atoms. The number of nitrogens with one attached hydrogen (secondary N) is 1. The molecule has 1 heterocycles. The van der Waals surface area contributed by atoms with Gasteiger partial charge in [-0.2, -0.15) is 0 Å². The van der Waals surface area contributed by atoms with Gasteiger partial charge in [0.15, 0.2) is 0 Å². The smallest absolute Gasteiger partial charge is 0.269 e. The van der Waals surface area contributed by atoms with Gasteiger partial charge in [-0.1, -0.05) is 79.2 Å². The summed E-state index contributed by atoms with van der Waals surface area (Å²) in [5.41, 5.74) is 1.71. The molecule has 210 valence electrons. The van der Waals surface area contributed by atoms with Crippen LogP contribution in [0.15, 0.2) is 83.8 Å². The summed E-state index contributed by atoms with van der Waals surface area (Å²) in [6, 6.07) is 21.8. The summed E-state index contributed by atoms with van der Waals surface area (Å²) >= 11 is 6.43. The van der Waals surface area contributed by atoms with Crippen molar-refractivity contribution in [1.82, 2.24) is 14.5 Å². The molecule has 3 aromatic rings. The Hall–Kier alpha value is -3.69. The van der Waals surface area contributed by atoms with Gasteiger partial charge in [0.25, 0.3) is 15.9 Å². The van der Waals surface area contributed by atoms with Gasteiger partial charge in [0.1, 0.15) is 10.9 Å². The second kappa shape index (κ2) is 13.1. The molecular formula is C30H32ClN3O5S. The summed E-state index contributed by atoms with van der Waals surface area (Å²) in [6.07, 6.45) is 1.07. The van der Waals surface area contributed by atoms with Crippen molar-refractivity contribution in [1.29, 1.82) is 0 Å². The number of sulfonamides is 1. The summed E-state index contributed by atoms with van der Waals surface area (Å²) in [4.78, 5) is 41.4. The van der Waals surface area contributed by atoms with Gasteiger partial charge in [-0.25, -0.2) is 12.7 Å². The molecule has 1 aliphatic rings. The maximum atomic E-state index is 13.8. The molecule has 0 bridgehead atoms. The van der Waals surface area contributed by atoms with Crippen LogP contribution in [0.2, 0.25) is 5.02 Å². The molecule has 0 saturated heterocycles. The first-order chi connectivity index (χ1) is 19.2. The monoisotopic (exact) mass is 581 g/mol. The van der Waals surface area contributed by atoms with Gasteiger partial charge in [0.05, 0.1) is 5.56 Å². The van der Waals surface area contributed by atoms with Gasteiger partial charge in [-0.05, 0) is 42.2 Å². The lowest BCUT2D eigenvalue weighted by atomic mass is 10.0. The molecule has 8 nitrogen and oxygen atoms in total. The minimum absolute atomic E-state index is 0.0257. The molecule has 1 atom stereocenters. The van der Waals surface area contributed by atoms with Crippen LogP contribution in [-0.4, -0.2) is 54.5 Å². The molecule has 10 heteroatoms. The number of carbonyl (C=O) groups is 3. The molecule has 1 aliphatic heterocycles. The molecular weight excluding hydrogens is 550 g/mol. The predicted octanol–water partition coefficient (Wildman–Crippen LogP) is 4.43. The van der Waals surface area contributed by atoms with E-state index in [9.17, 15) is 22.8 Å². The Morgan fingerprint density at radius 2 is 1.65 bits per heavy atom. The molecule has 0 spiro atoms. The Labute approximate surface area is 240 Å². The summed E-state index contributed by atoms with van der Waals surface area (Å²) in [5, 5.41) is 3.39. The molecule has 0 aliphatic carbocycles. The van der Waals surface area contributed by atoms with Gasteiger partial charge < -0.3 is 10.2 Å². The van der Waals surface area contributed by atoms with Crippen LogP contribution < -0.4 is 5.32 Å². The summed E-state index contributed by atoms with van der Waals surface area (Å²) in [7, 11) is -3.97. The van der Waals surface area contributed by atoms with Gasteiger partial charge in [0, 0.05) is 37.5 Å². The zero-order chi connectivity index (χ0) is 28.7. The molecule has 4 rings (SSSR count). The highest BCUT2D eigenvalue weighted by Crippen LogP contribution is 2.30. The lowest BCUT2D eigenvalue weighted by molar-refractivity contribution is -0.141. The number of hydrogen-bond donors (Lipinski definition) is 1. The average molecular weight is 582 g/mol. The minimum Gasteiger partial charge on any atom is -0.354 e. The van der Waals surface area contributed by atoms with E-state index in [1.165, 1.54) is 17.0 Å². The van der Waals surface area contributed by atoms with E-state index in [-0.39, 0.29) is 48.2 Å². The van der Waals surface area contributed by atoms with Crippen molar-refractivity contribution in [3.8, 4) is 0 Å². The second-order valence-corrected chi connectivity index (χ2v) is 11.8. The van der Waals surface area contributed by atoms with E-state index in [1.807, 2.05) is 43.3 Å². The second-order valence-electron chi connectivity index (χ2n) is 9.59. The first-order valence-electron chi connectivity index (χ1n) is 13.2. The summed E-state index contributed by atoms with van der Waals surface area (Å²) in [5.74, 6) is -1.22. The fourth-order valence-corrected chi connectivity index (χ4v) is 6.50. The number of fused-ring (bicyclic) bond motifs is 1. The largest absolute Gasteiger partial charge is 0.354 e. The van der Waals surface area contributed by atoms with Crippen LogP contribution >= 0.6 is 11.6 Å². The van der Waals surface area contributed by atoms with Gasteiger partial charge >= 0.3 is 0 Å². The number of halogens is 1. The zero-order valence-corrected chi connectivity index (χ0v) is 23.8. The van der Waals surface area contributed by atoms with E-state index >= 15 is 0 Å². The van der Waals surface area contributed by atoms with Crippen LogP contribution in [0.25, 0.3) is 0 Å². The van der Waals surface area contributed by atoms with Crippen LogP contribution in [0.5, 0.6) is 0 Å². The highest BCUT2D eigenvalue weighted by molar-refractivity contribution is 7.90. The quantitative estimate of drug-likeness (QED) is 0.341. The standard InChI is InChI=1S/C30H32ClN3O5S/c1-2-18-32-29(36)26(20-22-11-4-3-5-12-22)33(21-23-13-6-8-15-25(23)31)28(35)17-10-19-34-30(37)24-14-7-9-16-27(24)40(34,38)39/h3-9,11-16,26H,2,10,17-21H2,1H3,(H,32,36)/t26-/m1/s1. The molecule has 0 fully saturated rings. The Kier molecular flexibility index (Phi) is 9.60. The van der Waals surface area contributed by atoms with Crippen molar-refractivity contribution in [3.63, 3.8) is 0 Å². The number of benzene rings is 3. The van der Waals surface area contributed by atoms with E-state index in [2.05, 4.69) is 5.32 Å². The first kappa shape index (κ1) is 29.3. The van der Waals surface area contributed by atoms with Crippen LogP contribution in [0.4, 0.5) is 0 Å². The SMILES string of the molecule is CCCNC(=O)[C@@H](Cc1ccccc1)N(Cc1ccccc1Cl)C(=O)CCCN1C(=O)c2ccccc2S1(=O)=O. The Morgan fingerprint density at radius 1 is 0.975 bits per heavy atom. The van der Waals surface area contributed by atoms with E-state index in [0.29, 0.717) is 23.6 Å². The lowest BCUT2D eigenvalue weighted by Crippen LogP contribution is -2.50. The Balaban J connectivity index is 1.56. The van der Waals surface area contributed by atoms with Crippen molar-refractivity contribution in [2.24, 2.45) is 0 Å². The number of amides is 3. The van der Waals surface area contributed by atoms with Crippen molar-refractivity contribution >= 4 is 39.3 Å². The average Bonchev–Trinajstić information content (AvgIpc) is 3.15. The third-order valence-corrected chi connectivity index (χ3v) is 8.99. The molecule has 0 aromatic heterocycles. The lowest BCUT2D eigenvalue weighted by Gasteiger charge is -2.32. The third kappa shape index (κ3) is 6.54. The maximum Gasteiger partial charge on any atom is 0.269 e. The highest BCUT2D eigenvalue weighted by atomic mass is 35.5. The topological polar surface area (TPSA) is 104 Å². The molecule has 1 N–H and O–H groups in total. The molecule has 0 saturated carbocycles. The van der Waals surface area contributed by atoms with Crippen LogP contribution in [0, 0.1) is 0 Å². The fourth-order valence-electron chi connectivity index (χ4n) is 4.70. The van der Waals surface area contributed by atoms with Crippen LogP contribution in [0.1, 0.15) is 47.7 Å². The number of nitrogens with zero attached hydrogens (tertiary/aromatic N) is 2. The van der Waals surface area contributed by atoms with Gasteiger partial charge in [-0.15, -0.1) is 0 Å². The normalized spacial score (nSPS) is 14.4.